The molecule has 0 amide bonds. The molecule has 1 unspecified atom stereocenters. The molecule has 100 valence electrons. The molecule has 1 saturated heterocycles. The SMILES string of the molecule is OC[C@@H](Cc1ccccc1)NCC1CCCCN1. The summed E-state index contributed by atoms with van der Waals surface area (Å²) in [5.41, 5.74) is 1.28. The van der Waals surface area contributed by atoms with Crippen LogP contribution in [0.3, 0.4) is 0 Å². The van der Waals surface area contributed by atoms with Gasteiger partial charge in [0.05, 0.1) is 6.61 Å². The Labute approximate surface area is 110 Å². The molecule has 3 heteroatoms. The summed E-state index contributed by atoms with van der Waals surface area (Å²) in [5.74, 6) is 0. The molecule has 1 aliphatic heterocycles. The Morgan fingerprint density at radius 2 is 2.11 bits per heavy atom. The molecule has 3 nitrogen and oxygen atoms in total. The lowest BCUT2D eigenvalue weighted by atomic mass is 10.0. The van der Waals surface area contributed by atoms with E-state index in [0.29, 0.717) is 6.04 Å². The number of benzene rings is 1. The van der Waals surface area contributed by atoms with Crippen LogP contribution in [0.2, 0.25) is 0 Å². The van der Waals surface area contributed by atoms with Gasteiger partial charge in [0.1, 0.15) is 0 Å². The maximum absolute atomic E-state index is 9.43. The fourth-order valence-electron chi connectivity index (χ4n) is 2.51. The molecule has 1 fully saturated rings. The molecule has 1 aliphatic rings. The molecule has 2 rings (SSSR count). The summed E-state index contributed by atoms with van der Waals surface area (Å²) < 4.78 is 0. The summed E-state index contributed by atoms with van der Waals surface area (Å²) in [6, 6.07) is 11.1. The number of aliphatic hydroxyl groups is 1. The first kappa shape index (κ1) is 13.5. The predicted molar refractivity (Wildman–Crippen MR) is 74.7 cm³/mol. The van der Waals surface area contributed by atoms with Gasteiger partial charge in [0.2, 0.25) is 0 Å². The summed E-state index contributed by atoms with van der Waals surface area (Å²) in [6.07, 6.45) is 4.76. The monoisotopic (exact) mass is 248 g/mol. The Kier molecular flexibility index (Phi) is 5.65. The molecule has 0 radical (unpaired) electrons. The number of nitrogens with one attached hydrogen (secondary N) is 2. The van der Waals surface area contributed by atoms with Crippen LogP contribution in [0, 0.1) is 0 Å². The summed E-state index contributed by atoms with van der Waals surface area (Å²) in [5, 5.41) is 16.4. The smallest absolute Gasteiger partial charge is 0.0587 e. The van der Waals surface area contributed by atoms with Gasteiger partial charge in [-0.25, -0.2) is 0 Å². The van der Waals surface area contributed by atoms with Gasteiger partial charge in [-0.15, -0.1) is 0 Å². The lowest BCUT2D eigenvalue weighted by Crippen LogP contribution is -2.46. The molecule has 0 aliphatic carbocycles. The highest BCUT2D eigenvalue weighted by Crippen LogP contribution is 2.07. The topological polar surface area (TPSA) is 44.3 Å². The predicted octanol–water partition coefficient (Wildman–Crippen LogP) is 1.32. The van der Waals surface area contributed by atoms with E-state index in [1.807, 2.05) is 18.2 Å². The second kappa shape index (κ2) is 7.52. The van der Waals surface area contributed by atoms with Crippen molar-refractivity contribution in [1.29, 1.82) is 0 Å². The maximum Gasteiger partial charge on any atom is 0.0587 e. The zero-order valence-corrected chi connectivity index (χ0v) is 10.9. The van der Waals surface area contributed by atoms with E-state index in [2.05, 4.69) is 22.8 Å². The zero-order valence-electron chi connectivity index (χ0n) is 10.9. The van der Waals surface area contributed by atoms with Gasteiger partial charge < -0.3 is 15.7 Å². The Morgan fingerprint density at radius 3 is 2.78 bits per heavy atom. The van der Waals surface area contributed by atoms with E-state index in [9.17, 15) is 5.11 Å². The minimum absolute atomic E-state index is 0.163. The van der Waals surface area contributed by atoms with Crippen molar-refractivity contribution in [3.05, 3.63) is 35.9 Å². The molecule has 1 aromatic rings. The fourth-order valence-corrected chi connectivity index (χ4v) is 2.51. The Hall–Kier alpha value is -0.900. The number of hydrogen-bond donors (Lipinski definition) is 3. The van der Waals surface area contributed by atoms with Gasteiger partial charge in [-0.1, -0.05) is 36.8 Å². The number of hydrogen-bond acceptors (Lipinski definition) is 3. The van der Waals surface area contributed by atoms with Gasteiger partial charge in [0, 0.05) is 18.6 Å². The molecule has 3 N–H and O–H groups in total. The largest absolute Gasteiger partial charge is 0.395 e. The van der Waals surface area contributed by atoms with E-state index in [0.717, 1.165) is 19.5 Å². The van der Waals surface area contributed by atoms with Crippen molar-refractivity contribution in [3.8, 4) is 0 Å². The average Bonchev–Trinajstić information content (AvgIpc) is 2.45. The van der Waals surface area contributed by atoms with Gasteiger partial charge in [-0.3, -0.25) is 0 Å². The molecule has 0 saturated carbocycles. The standard InChI is InChI=1S/C15H24N2O/c18-12-15(10-13-6-2-1-3-7-13)17-11-14-8-4-5-9-16-14/h1-3,6-7,14-18H,4-5,8-12H2/t14?,15-/m1/s1. The molecule has 1 heterocycles. The van der Waals surface area contributed by atoms with Crippen LogP contribution in [0.1, 0.15) is 24.8 Å². The van der Waals surface area contributed by atoms with E-state index in [1.54, 1.807) is 0 Å². The highest BCUT2D eigenvalue weighted by molar-refractivity contribution is 5.15. The van der Waals surface area contributed by atoms with Gasteiger partial charge >= 0.3 is 0 Å². The first-order valence-corrected chi connectivity index (χ1v) is 7.00. The van der Waals surface area contributed by atoms with Crippen LogP contribution in [-0.2, 0) is 6.42 Å². The molecule has 18 heavy (non-hydrogen) atoms. The molecule has 0 aromatic heterocycles. The third kappa shape index (κ3) is 4.41. The normalized spacial score (nSPS) is 21.7. The Balaban J connectivity index is 1.75. The summed E-state index contributed by atoms with van der Waals surface area (Å²) >= 11 is 0. The molecular formula is C15H24N2O. The number of piperidine rings is 1. The van der Waals surface area contributed by atoms with Gasteiger partial charge in [-0.05, 0) is 31.4 Å². The van der Waals surface area contributed by atoms with Crippen molar-refractivity contribution >= 4 is 0 Å². The second-order valence-electron chi connectivity index (χ2n) is 5.12. The van der Waals surface area contributed by atoms with Crippen LogP contribution < -0.4 is 10.6 Å². The Morgan fingerprint density at radius 1 is 1.28 bits per heavy atom. The summed E-state index contributed by atoms with van der Waals surface area (Å²) in [4.78, 5) is 0. The zero-order chi connectivity index (χ0) is 12.6. The average molecular weight is 248 g/mol. The van der Waals surface area contributed by atoms with Crippen LogP contribution in [-0.4, -0.2) is 36.9 Å². The molecule has 1 aromatic carbocycles. The molecule has 0 bridgehead atoms. The van der Waals surface area contributed by atoms with Gasteiger partial charge in [0.15, 0.2) is 0 Å². The van der Waals surface area contributed by atoms with E-state index in [4.69, 9.17) is 0 Å². The first-order valence-electron chi connectivity index (χ1n) is 7.00. The minimum atomic E-state index is 0.163. The van der Waals surface area contributed by atoms with Gasteiger partial charge in [0.25, 0.3) is 0 Å². The summed E-state index contributed by atoms with van der Waals surface area (Å²) in [6.45, 7) is 2.29. The van der Waals surface area contributed by atoms with Crippen LogP contribution in [0.25, 0.3) is 0 Å². The van der Waals surface area contributed by atoms with Crippen molar-refractivity contribution in [1.82, 2.24) is 10.6 Å². The summed E-state index contributed by atoms with van der Waals surface area (Å²) in [7, 11) is 0. The van der Waals surface area contributed by atoms with Crippen LogP contribution >= 0.6 is 0 Å². The van der Waals surface area contributed by atoms with Crippen LogP contribution in [0.4, 0.5) is 0 Å². The van der Waals surface area contributed by atoms with Crippen molar-refractivity contribution in [2.24, 2.45) is 0 Å². The van der Waals surface area contributed by atoms with E-state index in [1.165, 1.54) is 24.8 Å². The fraction of sp³-hybridized carbons (Fsp3) is 0.600. The second-order valence-corrected chi connectivity index (χ2v) is 5.12. The number of rotatable bonds is 6. The van der Waals surface area contributed by atoms with Crippen LogP contribution in [0.15, 0.2) is 30.3 Å². The third-order valence-electron chi connectivity index (χ3n) is 3.61. The highest BCUT2D eigenvalue weighted by atomic mass is 16.3. The molecule has 2 atom stereocenters. The van der Waals surface area contributed by atoms with Crippen molar-refractivity contribution in [2.45, 2.75) is 37.8 Å². The quantitative estimate of drug-likeness (QED) is 0.711. The van der Waals surface area contributed by atoms with Crippen molar-refractivity contribution in [3.63, 3.8) is 0 Å². The minimum Gasteiger partial charge on any atom is -0.395 e. The number of aliphatic hydroxyl groups excluding tert-OH is 1. The highest BCUT2D eigenvalue weighted by Gasteiger charge is 2.14. The van der Waals surface area contributed by atoms with E-state index < -0.39 is 0 Å². The van der Waals surface area contributed by atoms with E-state index in [-0.39, 0.29) is 12.6 Å². The lowest BCUT2D eigenvalue weighted by Gasteiger charge is -2.26. The lowest BCUT2D eigenvalue weighted by molar-refractivity contribution is 0.234. The first-order chi connectivity index (χ1) is 8.88. The van der Waals surface area contributed by atoms with Gasteiger partial charge in [-0.2, -0.15) is 0 Å². The maximum atomic E-state index is 9.43. The van der Waals surface area contributed by atoms with Crippen molar-refractivity contribution < 1.29 is 5.11 Å². The van der Waals surface area contributed by atoms with E-state index >= 15 is 0 Å². The molecule has 0 spiro atoms. The van der Waals surface area contributed by atoms with Crippen LogP contribution in [0.5, 0.6) is 0 Å². The van der Waals surface area contributed by atoms with Crippen molar-refractivity contribution in [2.75, 3.05) is 19.7 Å². The third-order valence-corrected chi connectivity index (χ3v) is 3.61. The molecular weight excluding hydrogens is 224 g/mol. The Bertz CT molecular complexity index is 323.